The Balaban J connectivity index is 1.86. The Bertz CT molecular complexity index is 1330. The molecule has 3 aromatic rings. The van der Waals surface area contributed by atoms with Gasteiger partial charge in [-0.3, -0.25) is 9.20 Å². The van der Waals surface area contributed by atoms with E-state index in [1.54, 1.807) is 0 Å². The van der Waals surface area contributed by atoms with Crippen LogP contribution in [0.5, 0.6) is 0 Å². The molecule has 1 aliphatic rings. The Labute approximate surface area is 192 Å². The molecule has 0 radical (unpaired) electrons. The van der Waals surface area contributed by atoms with Gasteiger partial charge in [0, 0.05) is 50.0 Å². The van der Waals surface area contributed by atoms with Crippen LogP contribution in [-0.2, 0) is 0 Å². The molecule has 14 heteroatoms. The van der Waals surface area contributed by atoms with Gasteiger partial charge in [-0.25, -0.2) is 27.9 Å². The fourth-order valence-corrected chi connectivity index (χ4v) is 3.80. The first kappa shape index (κ1) is 24.3. The highest BCUT2D eigenvalue weighted by Gasteiger charge is 2.43. The number of carboxylic acid groups (broad SMARTS) is 1. The number of halogens is 6. The molecule has 0 aromatic carbocycles. The number of carboxylic acids is 1. The third kappa shape index (κ3) is 5.00. The van der Waals surface area contributed by atoms with Crippen LogP contribution in [0.15, 0.2) is 41.5 Å². The van der Waals surface area contributed by atoms with Crippen molar-refractivity contribution in [1.82, 2.24) is 14.4 Å². The summed E-state index contributed by atoms with van der Waals surface area (Å²) in [6, 6.07) is 1.02. The second kappa shape index (κ2) is 8.74. The third-order valence-electron chi connectivity index (χ3n) is 5.51. The van der Waals surface area contributed by atoms with E-state index in [0.29, 0.717) is 16.7 Å². The van der Waals surface area contributed by atoms with Gasteiger partial charge in [0.05, 0.1) is 5.69 Å². The molecular formula is C21H17F6N5O3. The average molecular weight is 501 g/mol. The first-order valence-electron chi connectivity index (χ1n) is 10.2. The molecular weight excluding hydrogens is 484 g/mol. The highest BCUT2D eigenvalue weighted by atomic mass is 19.4. The van der Waals surface area contributed by atoms with Crippen molar-refractivity contribution < 1.29 is 36.2 Å². The summed E-state index contributed by atoms with van der Waals surface area (Å²) >= 11 is 0. The number of fused-ring (bicyclic) bond motifs is 1. The molecule has 0 amide bonds. The van der Waals surface area contributed by atoms with Gasteiger partial charge in [0.25, 0.3) is 11.5 Å². The summed E-state index contributed by atoms with van der Waals surface area (Å²) in [6.07, 6.45) is -4.43. The molecule has 4 rings (SSSR count). The monoisotopic (exact) mass is 501 g/mol. The molecule has 0 bridgehead atoms. The molecule has 1 aliphatic heterocycles. The number of piperidine rings is 1. The number of rotatable bonds is 5. The lowest BCUT2D eigenvalue weighted by Crippen LogP contribution is -2.40. The zero-order valence-corrected chi connectivity index (χ0v) is 17.7. The highest BCUT2D eigenvalue weighted by Crippen LogP contribution is 2.38. The molecule has 0 saturated carbocycles. The van der Waals surface area contributed by atoms with Crippen molar-refractivity contribution in [2.45, 2.75) is 31.0 Å². The maximum atomic E-state index is 14.3. The van der Waals surface area contributed by atoms with Crippen LogP contribution in [-0.4, -0.2) is 50.6 Å². The Kier molecular flexibility index (Phi) is 6.07. The van der Waals surface area contributed by atoms with Gasteiger partial charge in [0.15, 0.2) is 11.7 Å². The lowest BCUT2D eigenvalue weighted by molar-refractivity contribution is -0.143. The Hall–Kier alpha value is -3.84. The molecule has 35 heavy (non-hydrogen) atoms. The van der Waals surface area contributed by atoms with Gasteiger partial charge in [0.1, 0.15) is 17.3 Å². The van der Waals surface area contributed by atoms with E-state index in [-0.39, 0.29) is 18.9 Å². The summed E-state index contributed by atoms with van der Waals surface area (Å²) in [6.45, 7) is -0.379. The highest BCUT2D eigenvalue weighted by molar-refractivity contribution is 5.92. The number of alkyl halides is 5. The average Bonchev–Trinajstić information content (AvgIpc) is 2.77. The van der Waals surface area contributed by atoms with E-state index in [2.05, 4.69) is 9.97 Å². The number of nitrogens with one attached hydrogen (secondary N) is 1. The van der Waals surface area contributed by atoms with Gasteiger partial charge in [0.2, 0.25) is 0 Å². The second-order valence-corrected chi connectivity index (χ2v) is 7.93. The number of anilines is 2. The number of nitrogens with zero attached hydrogens (tertiary/aromatic N) is 4. The van der Waals surface area contributed by atoms with Crippen molar-refractivity contribution in [1.29, 1.82) is 0 Å². The molecule has 1 saturated heterocycles. The van der Waals surface area contributed by atoms with Crippen LogP contribution in [0.2, 0.25) is 0 Å². The van der Waals surface area contributed by atoms with Crippen LogP contribution in [0.4, 0.5) is 37.8 Å². The van der Waals surface area contributed by atoms with Gasteiger partial charge in [-0.15, -0.1) is 0 Å². The number of carbonyl (C=O) groups is 1. The first-order valence-corrected chi connectivity index (χ1v) is 10.2. The molecule has 186 valence electrons. The number of hydrogen-bond acceptors (Lipinski definition) is 6. The summed E-state index contributed by atoms with van der Waals surface area (Å²) in [5.41, 5.74) is -3.50. The van der Waals surface area contributed by atoms with E-state index in [4.69, 9.17) is 0 Å². The van der Waals surface area contributed by atoms with Crippen LogP contribution in [0.1, 0.15) is 34.9 Å². The predicted molar refractivity (Wildman–Crippen MR) is 111 cm³/mol. The molecule has 0 spiro atoms. The molecule has 4 heterocycles. The number of aromatic nitrogens is 3. The third-order valence-corrected chi connectivity index (χ3v) is 5.51. The van der Waals surface area contributed by atoms with E-state index in [0.717, 1.165) is 18.3 Å². The molecule has 2 N–H and O–H groups in total. The zero-order chi connectivity index (χ0) is 25.5. The minimum absolute atomic E-state index is 0.133. The van der Waals surface area contributed by atoms with E-state index < -0.39 is 70.9 Å². The van der Waals surface area contributed by atoms with Gasteiger partial charge in [-0.2, -0.15) is 13.2 Å². The molecule has 0 aliphatic carbocycles. The minimum Gasteiger partial charge on any atom is -0.476 e. The lowest BCUT2D eigenvalue weighted by Gasteiger charge is -2.32. The molecule has 1 fully saturated rings. The molecule has 8 nitrogen and oxygen atoms in total. The van der Waals surface area contributed by atoms with Crippen LogP contribution in [0.3, 0.4) is 0 Å². The normalized spacial score (nSPS) is 16.8. The summed E-state index contributed by atoms with van der Waals surface area (Å²) in [4.78, 5) is 33.0. The number of pyridine rings is 2. The number of hydrogen-bond donors (Lipinski definition) is 2. The van der Waals surface area contributed by atoms with Crippen LogP contribution < -0.4 is 15.8 Å². The van der Waals surface area contributed by atoms with Gasteiger partial charge >= 0.3 is 12.1 Å². The molecule has 1 atom stereocenters. The zero-order valence-electron chi connectivity index (χ0n) is 17.7. The quantitative estimate of drug-likeness (QED) is 0.512. The van der Waals surface area contributed by atoms with E-state index in [1.165, 1.54) is 11.0 Å². The molecule has 3 aromatic heterocycles. The van der Waals surface area contributed by atoms with Crippen LogP contribution in [0.25, 0.3) is 5.65 Å². The van der Waals surface area contributed by atoms with Crippen molar-refractivity contribution in [3.63, 3.8) is 0 Å². The first-order chi connectivity index (χ1) is 16.4. The summed E-state index contributed by atoms with van der Waals surface area (Å²) in [7, 11) is 0. The van der Waals surface area contributed by atoms with Crippen molar-refractivity contribution in [2.24, 2.45) is 0 Å². The Morgan fingerprint density at radius 2 is 1.89 bits per heavy atom. The fourth-order valence-electron chi connectivity index (χ4n) is 3.80. The Morgan fingerprint density at radius 1 is 1.20 bits per heavy atom. The summed E-state index contributed by atoms with van der Waals surface area (Å²) < 4.78 is 84.5. The van der Waals surface area contributed by atoms with Crippen LogP contribution >= 0.6 is 0 Å². The topological polar surface area (TPSA) is 99.8 Å². The Morgan fingerprint density at radius 3 is 2.51 bits per heavy atom. The minimum atomic E-state index is -5.10. The van der Waals surface area contributed by atoms with E-state index in [9.17, 15) is 41.0 Å². The van der Waals surface area contributed by atoms with E-state index in [1.807, 2.05) is 5.32 Å². The van der Waals surface area contributed by atoms with Gasteiger partial charge in [-0.05, 0) is 18.2 Å². The SMILES string of the molecule is O=C(O)c1ncccc1N[C@@H](c1cc(F)cn2c(=O)cc(N3CCC(F)(F)CC3)nc12)C(F)(F)F. The van der Waals surface area contributed by atoms with Crippen molar-refractivity contribution in [2.75, 3.05) is 23.3 Å². The molecule has 0 unspecified atom stereocenters. The lowest BCUT2D eigenvalue weighted by atomic mass is 10.1. The largest absolute Gasteiger partial charge is 0.476 e. The van der Waals surface area contributed by atoms with Gasteiger partial charge in [-0.1, -0.05) is 0 Å². The standard InChI is InChI=1S/C21H17F6N5O3/c22-11-8-12(17(21(25,26)27)29-13-2-1-5-28-16(13)19(34)35)18-30-14(9-15(33)32(18)10-11)31-6-3-20(23,24)4-7-31/h1-2,5,8-10,17,29H,3-4,6-7H2,(H,34,35)/t17-/m0/s1. The summed E-state index contributed by atoms with van der Waals surface area (Å²) in [5, 5.41) is 11.3. The smallest absolute Gasteiger partial charge is 0.412 e. The maximum absolute atomic E-state index is 14.3. The van der Waals surface area contributed by atoms with Crippen molar-refractivity contribution in [3.05, 3.63) is 64.1 Å². The van der Waals surface area contributed by atoms with Gasteiger partial charge < -0.3 is 15.3 Å². The maximum Gasteiger partial charge on any atom is 0.412 e. The van der Waals surface area contributed by atoms with E-state index >= 15 is 0 Å². The van der Waals surface area contributed by atoms with Crippen molar-refractivity contribution >= 4 is 23.1 Å². The number of aromatic carboxylic acids is 1. The summed E-state index contributed by atoms with van der Waals surface area (Å²) in [5.74, 6) is -5.82. The van der Waals surface area contributed by atoms with Crippen molar-refractivity contribution in [3.8, 4) is 0 Å². The predicted octanol–water partition coefficient (Wildman–Crippen LogP) is 3.88. The fraction of sp³-hybridized carbons (Fsp3) is 0.333. The second-order valence-electron chi connectivity index (χ2n) is 7.93. The van der Waals surface area contributed by atoms with Crippen LogP contribution in [0, 0.1) is 5.82 Å².